The van der Waals surface area contributed by atoms with E-state index in [1.807, 2.05) is 0 Å². The van der Waals surface area contributed by atoms with Crippen molar-refractivity contribution in [3.8, 4) is 10.6 Å². The van der Waals surface area contributed by atoms with Crippen LogP contribution in [0.2, 0.25) is 0 Å². The molecule has 4 nitrogen and oxygen atoms in total. The van der Waals surface area contributed by atoms with Crippen LogP contribution in [0, 0.1) is 12.8 Å². The maximum atomic E-state index is 4.76. The highest BCUT2D eigenvalue weighted by molar-refractivity contribution is 14.0. The highest BCUT2D eigenvalue weighted by Crippen LogP contribution is 2.28. The lowest BCUT2D eigenvalue weighted by molar-refractivity contribution is 0.772. The second-order valence-electron chi connectivity index (χ2n) is 6.35. The number of thiazole rings is 1. The lowest BCUT2D eigenvalue weighted by Crippen LogP contribution is -2.38. The van der Waals surface area contributed by atoms with Gasteiger partial charge < -0.3 is 10.6 Å². The van der Waals surface area contributed by atoms with Gasteiger partial charge >= 0.3 is 0 Å². The van der Waals surface area contributed by atoms with Crippen molar-refractivity contribution in [1.82, 2.24) is 15.6 Å². The van der Waals surface area contributed by atoms with Gasteiger partial charge in [-0.05, 0) is 32.6 Å². The van der Waals surface area contributed by atoms with Gasteiger partial charge in [-0.3, -0.25) is 4.99 Å². The van der Waals surface area contributed by atoms with E-state index in [1.165, 1.54) is 24.0 Å². The normalized spacial score (nSPS) is 14.1. The van der Waals surface area contributed by atoms with Crippen molar-refractivity contribution in [2.75, 3.05) is 19.6 Å². The van der Waals surface area contributed by atoms with Crippen LogP contribution in [0.4, 0.5) is 0 Å². The molecule has 1 aromatic carbocycles. The Morgan fingerprint density at radius 1 is 1.24 bits per heavy atom. The van der Waals surface area contributed by atoms with E-state index in [0.29, 0.717) is 0 Å². The fourth-order valence-corrected chi connectivity index (χ4v) is 3.28. The molecule has 0 aliphatic heterocycles. The van der Waals surface area contributed by atoms with Crippen molar-refractivity contribution >= 4 is 41.3 Å². The number of hydrogen-bond donors (Lipinski definition) is 2. The van der Waals surface area contributed by atoms with Gasteiger partial charge in [-0.25, -0.2) is 4.98 Å². The molecule has 25 heavy (non-hydrogen) atoms. The second kappa shape index (κ2) is 10.1. The number of guanidine groups is 1. The molecule has 1 aliphatic rings. The van der Waals surface area contributed by atoms with Crippen molar-refractivity contribution in [1.29, 1.82) is 0 Å². The van der Waals surface area contributed by atoms with E-state index in [1.54, 1.807) is 11.3 Å². The number of halogens is 1. The van der Waals surface area contributed by atoms with E-state index in [9.17, 15) is 0 Å². The molecule has 0 unspecified atom stereocenters. The fourth-order valence-electron chi connectivity index (χ4n) is 2.42. The summed E-state index contributed by atoms with van der Waals surface area (Å²) >= 11 is 1.72. The summed E-state index contributed by atoms with van der Waals surface area (Å²) in [7, 11) is 0. The van der Waals surface area contributed by atoms with Crippen LogP contribution >= 0.6 is 35.3 Å². The first-order chi connectivity index (χ1) is 11.7. The zero-order chi connectivity index (χ0) is 16.8. The van der Waals surface area contributed by atoms with Crippen LogP contribution in [0.5, 0.6) is 0 Å². The number of aromatic nitrogens is 1. The van der Waals surface area contributed by atoms with Crippen LogP contribution in [-0.2, 0) is 6.42 Å². The Bertz CT molecular complexity index is 677. The second-order valence-corrected chi connectivity index (χ2v) is 7.21. The molecule has 0 spiro atoms. The topological polar surface area (TPSA) is 49.3 Å². The molecule has 1 heterocycles. The molecule has 1 fully saturated rings. The molecule has 0 radical (unpaired) electrons. The number of aryl methyl sites for hydroxylation is 1. The van der Waals surface area contributed by atoms with Gasteiger partial charge in [0.2, 0.25) is 0 Å². The molecule has 0 bridgehead atoms. The lowest BCUT2D eigenvalue weighted by atomic mass is 10.2. The van der Waals surface area contributed by atoms with Gasteiger partial charge in [-0.2, -0.15) is 0 Å². The molecule has 1 aliphatic carbocycles. The first-order valence-corrected chi connectivity index (χ1v) is 9.66. The van der Waals surface area contributed by atoms with Crippen LogP contribution < -0.4 is 10.6 Å². The molecular formula is C19H27IN4S. The highest BCUT2D eigenvalue weighted by Gasteiger charge is 2.20. The highest BCUT2D eigenvalue weighted by atomic mass is 127. The number of benzene rings is 1. The minimum absolute atomic E-state index is 0. The van der Waals surface area contributed by atoms with Crippen LogP contribution in [0.25, 0.3) is 10.6 Å². The molecular weight excluding hydrogens is 443 g/mol. The maximum Gasteiger partial charge on any atom is 0.191 e. The largest absolute Gasteiger partial charge is 0.357 e. The summed E-state index contributed by atoms with van der Waals surface area (Å²) in [6.07, 6.45) is 3.59. The molecule has 0 amide bonds. The lowest BCUT2D eigenvalue weighted by Gasteiger charge is -2.10. The third-order valence-corrected chi connectivity index (χ3v) is 5.01. The van der Waals surface area contributed by atoms with Gasteiger partial charge in [0.15, 0.2) is 5.96 Å². The average molecular weight is 470 g/mol. The summed E-state index contributed by atoms with van der Waals surface area (Å²) < 4.78 is 0. The van der Waals surface area contributed by atoms with Gasteiger partial charge in [0.25, 0.3) is 0 Å². The van der Waals surface area contributed by atoms with E-state index < -0.39 is 0 Å². The van der Waals surface area contributed by atoms with Crippen LogP contribution in [0.3, 0.4) is 0 Å². The standard InChI is InChI=1S/C19H26N4S.HI/c1-3-20-19(22-12-15-6-7-15)21-11-10-17-13-24-18(23-17)16-8-4-14(2)5-9-16;/h4-5,8-9,13,15H,3,6-7,10-12H2,1-2H3,(H2,20,21,22);1H. The van der Waals surface area contributed by atoms with Crippen molar-refractivity contribution in [3.05, 3.63) is 40.9 Å². The molecule has 1 saturated carbocycles. The molecule has 0 saturated heterocycles. The van der Waals surface area contributed by atoms with E-state index in [-0.39, 0.29) is 24.0 Å². The summed E-state index contributed by atoms with van der Waals surface area (Å²) in [6, 6.07) is 8.56. The van der Waals surface area contributed by atoms with Crippen LogP contribution in [0.15, 0.2) is 34.6 Å². The van der Waals surface area contributed by atoms with Crippen LogP contribution in [-0.4, -0.2) is 30.6 Å². The molecule has 3 rings (SSSR count). The molecule has 6 heteroatoms. The molecule has 1 aromatic heterocycles. The Labute approximate surface area is 171 Å². The Kier molecular flexibility index (Phi) is 8.15. The molecule has 2 N–H and O–H groups in total. The first-order valence-electron chi connectivity index (χ1n) is 8.78. The quantitative estimate of drug-likeness (QED) is 0.362. The van der Waals surface area contributed by atoms with Crippen molar-refractivity contribution < 1.29 is 0 Å². The minimum atomic E-state index is 0. The van der Waals surface area contributed by atoms with Gasteiger partial charge in [-0.15, -0.1) is 35.3 Å². The first kappa shape index (κ1) is 20.2. The molecule has 0 atom stereocenters. The Morgan fingerprint density at radius 2 is 2.00 bits per heavy atom. The van der Waals surface area contributed by atoms with E-state index in [2.05, 4.69) is 59.1 Å². The Morgan fingerprint density at radius 3 is 2.68 bits per heavy atom. The zero-order valence-electron chi connectivity index (χ0n) is 14.9. The SMILES string of the molecule is CCNC(=NCC1CC1)NCCc1csc(-c2ccc(C)cc2)n1.I. The maximum absolute atomic E-state index is 4.76. The molecule has 136 valence electrons. The van der Waals surface area contributed by atoms with Gasteiger partial charge in [-0.1, -0.05) is 29.8 Å². The van der Waals surface area contributed by atoms with Crippen LogP contribution in [0.1, 0.15) is 31.0 Å². The third kappa shape index (κ3) is 6.58. The summed E-state index contributed by atoms with van der Waals surface area (Å²) in [4.78, 5) is 9.40. The summed E-state index contributed by atoms with van der Waals surface area (Å²) in [5, 5.41) is 9.98. The fraction of sp³-hybridized carbons (Fsp3) is 0.474. The van der Waals surface area contributed by atoms with Crippen molar-refractivity contribution in [2.45, 2.75) is 33.1 Å². The van der Waals surface area contributed by atoms with E-state index >= 15 is 0 Å². The number of aliphatic imine (C=N–C) groups is 1. The Balaban J connectivity index is 0.00000225. The number of nitrogens with one attached hydrogen (secondary N) is 2. The number of hydrogen-bond acceptors (Lipinski definition) is 3. The van der Waals surface area contributed by atoms with Gasteiger partial charge in [0.05, 0.1) is 5.69 Å². The van der Waals surface area contributed by atoms with E-state index in [0.717, 1.165) is 48.6 Å². The summed E-state index contributed by atoms with van der Waals surface area (Å²) in [6.45, 7) is 6.90. The van der Waals surface area contributed by atoms with Crippen molar-refractivity contribution in [2.24, 2.45) is 10.9 Å². The smallest absolute Gasteiger partial charge is 0.191 e. The minimum Gasteiger partial charge on any atom is -0.357 e. The predicted molar refractivity (Wildman–Crippen MR) is 118 cm³/mol. The number of rotatable bonds is 7. The summed E-state index contributed by atoms with van der Waals surface area (Å²) in [5.41, 5.74) is 3.62. The predicted octanol–water partition coefficient (Wildman–Crippen LogP) is 4.24. The monoisotopic (exact) mass is 470 g/mol. The zero-order valence-corrected chi connectivity index (χ0v) is 18.1. The van der Waals surface area contributed by atoms with Crippen molar-refractivity contribution in [3.63, 3.8) is 0 Å². The molecule has 2 aromatic rings. The van der Waals surface area contributed by atoms with E-state index in [4.69, 9.17) is 4.98 Å². The average Bonchev–Trinajstić information content (AvgIpc) is 3.30. The Hall–Kier alpha value is -1.15. The van der Waals surface area contributed by atoms with Gasteiger partial charge in [0, 0.05) is 37.0 Å². The third-order valence-electron chi connectivity index (χ3n) is 4.07. The summed E-state index contributed by atoms with van der Waals surface area (Å²) in [5.74, 6) is 1.74. The van der Waals surface area contributed by atoms with Gasteiger partial charge in [0.1, 0.15) is 5.01 Å². The number of nitrogens with zero attached hydrogens (tertiary/aromatic N) is 2.